The normalized spacial score (nSPS) is 26.0. The summed E-state index contributed by atoms with van der Waals surface area (Å²) < 4.78 is 8.68. The molecule has 0 bridgehead atoms. The number of aryl methyl sites for hydroxylation is 1. The van der Waals surface area contributed by atoms with Gasteiger partial charge in [0.05, 0.1) is 17.5 Å². The van der Waals surface area contributed by atoms with Crippen LogP contribution in [0.2, 0.25) is 18.6 Å². The highest BCUT2D eigenvalue weighted by atomic mass is 28.4. The first-order chi connectivity index (χ1) is 19.6. The molecular weight excluding hydrogens is 538 g/mol. The van der Waals surface area contributed by atoms with Crippen LogP contribution in [0.25, 0.3) is 0 Å². The number of hydrogen-bond donors (Lipinski definition) is 2. The minimum Gasteiger partial charge on any atom is -0.432 e. The van der Waals surface area contributed by atoms with E-state index < -0.39 is 20.0 Å². The molecule has 0 aliphatic carbocycles. The van der Waals surface area contributed by atoms with Crippen molar-refractivity contribution in [2.75, 3.05) is 23.0 Å². The van der Waals surface area contributed by atoms with Crippen LogP contribution in [0.4, 0.5) is 17.1 Å². The maximum Gasteiger partial charge on any atom is 0.268 e. The summed E-state index contributed by atoms with van der Waals surface area (Å²) in [5.74, 6) is -0.408. The topological polar surface area (TPSA) is 121 Å². The predicted molar refractivity (Wildman–Crippen MR) is 156 cm³/mol. The Hall–Kier alpha value is -3.38. The van der Waals surface area contributed by atoms with Crippen LogP contribution in [0.1, 0.15) is 37.4 Å². The minimum absolute atomic E-state index is 0.00128. The lowest BCUT2D eigenvalue weighted by Crippen LogP contribution is -2.45. The monoisotopic (exact) mass is 575 g/mol. The van der Waals surface area contributed by atoms with Gasteiger partial charge in [-0.15, -0.1) is 5.10 Å². The Morgan fingerprint density at radius 3 is 2.59 bits per heavy atom. The van der Waals surface area contributed by atoms with E-state index >= 15 is 0 Å². The van der Waals surface area contributed by atoms with Gasteiger partial charge in [-0.25, -0.2) is 0 Å². The minimum atomic E-state index is -2.83. The molecule has 0 saturated carbocycles. The fourth-order valence-electron chi connectivity index (χ4n) is 7.12. The van der Waals surface area contributed by atoms with Gasteiger partial charge < -0.3 is 19.5 Å². The number of benzene rings is 2. The number of ether oxygens (including phenoxy) is 1. The van der Waals surface area contributed by atoms with Gasteiger partial charge in [-0.05, 0) is 56.3 Å². The van der Waals surface area contributed by atoms with E-state index in [1.54, 1.807) is 14.5 Å². The fraction of sp³-hybridized carbons (Fsp3) is 0.467. The summed E-state index contributed by atoms with van der Waals surface area (Å²) in [6.07, 6.45) is 3.70. The van der Waals surface area contributed by atoms with Gasteiger partial charge in [0.2, 0.25) is 5.91 Å². The number of fused-ring (bicyclic) bond motifs is 2. The molecule has 1 spiro atoms. The second-order valence-corrected chi connectivity index (χ2v) is 15.9. The number of rotatable bonds is 8. The van der Waals surface area contributed by atoms with Crippen LogP contribution in [-0.4, -0.2) is 64.3 Å². The molecule has 2 aromatic carbocycles. The number of hydrogen-bond acceptors (Lipinski definition) is 7. The Bertz CT molecular complexity index is 1460. The van der Waals surface area contributed by atoms with Crippen molar-refractivity contribution in [1.82, 2.24) is 15.0 Å². The molecule has 0 radical (unpaired) electrons. The summed E-state index contributed by atoms with van der Waals surface area (Å²) in [4.78, 5) is 42.4. The summed E-state index contributed by atoms with van der Waals surface area (Å²) in [5, 5.41) is 17.6. The zero-order valence-corrected chi connectivity index (χ0v) is 24.7. The molecule has 216 valence electrons. The molecule has 4 atom stereocenters. The van der Waals surface area contributed by atoms with E-state index in [0.717, 1.165) is 29.0 Å². The van der Waals surface area contributed by atoms with Crippen molar-refractivity contribution >= 4 is 37.2 Å². The summed E-state index contributed by atoms with van der Waals surface area (Å²) in [7, 11) is -2.83. The molecule has 3 aliphatic rings. The van der Waals surface area contributed by atoms with Crippen LogP contribution in [0.5, 0.6) is 0 Å². The standard InChI is InChI=1S/C30H37N5O5Si/c1-20-28(41(2,3)39)26(13-16-33-19-21(14-17-36)31-32-33)40-30(20)24-18-23(34-15-7-10-27(34)37)11-12-25(24)35(29(30)38)22-8-5-4-6-9-22/h4-6,8-9,11-12,18-20,26,28,36,39H,7,10,13-17H2,1-3H3/t20-,26+,28-,30+/m1/s1. The Labute approximate surface area is 240 Å². The van der Waals surface area contributed by atoms with Crippen LogP contribution in [0.15, 0.2) is 54.7 Å². The molecule has 10 nitrogen and oxygen atoms in total. The summed E-state index contributed by atoms with van der Waals surface area (Å²) in [6.45, 7) is 6.99. The molecule has 3 aliphatic heterocycles. The second-order valence-electron chi connectivity index (χ2n) is 11.9. The van der Waals surface area contributed by atoms with Crippen LogP contribution in [0.3, 0.4) is 0 Å². The van der Waals surface area contributed by atoms with Gasteiger partial charge in [-0.2, -0.15) is 0 Å². The van der Waals surface area contributed by atoms with Gasteiger partial charge in [0.25, 0.3) is 5.91 Å². The number of anilines is 3. The van der Waals surface area contributed by atoms with Crippen LogP contribution in [0, 0.1) is 5.92 Å². The van der Waals surface area contributed by atoms with Crippen molar-refractivity contribution in [1.29, 1.82) is 0 Å². The van der Waals surface area contributed by atoms with E-state index in [1.165, 1.54) is 0 Å². The first-order valence-corrected chi connectivity index (χ1v) is 17.4. The number of aliphatic hydroxyl groups is 1. The third-order valence-corrected chi connectivity index (χ3v) is 11.4. The molecule has 4 heterocycles. The molecule has 0 unspecified atom stereocenters. The maximum absolute atomic E-state index is 14.7. The predicted octanol–water partition coefficient (Wildman–Crippen LogP) is 3.51. The second kappa shape index (κ2) is 10.5. The van der Waals surface area contributed by atoms with Gasteiger partial charge in [0.1, 0.15) is 0 Å². The third kappa shape index (κ3) is 4.60. The number of amides is 2. The number of carbonyl (C=O) groups excluding carboxylic acids is 2. The van der Waals surface area contributed by atoms with E-state index in [0.29, 0.717) is 38.0 Å². The highest BCUT2D eigenvalue weighted by Gasteiger charge is 2.66. The number of aliphatic hydroxyl groups excluding tert-OH is 1. The summed E-state index contributed by atoms with van der Waals surface area (Å²) >= 11 is 0. The molecule has 2 fully saturated rings. The highest BCUT2D eigenvalue weighted by Crippen LogP contribution is 2.61. The van der Waals surface area contributed by atoms with Crippen LogP contribution < -0.4 is 9.80 Å². The Balaban J connectivity index is 1.43. The van der Waals surface area contributed by atoms with E-state index in [2.05, 4.69) is 10.3 Å². The number of carbonyl (C=O) groups is 2. The molecule has 6 rings (SSSR count). The Kier molecular flexibility index (Phi) is 7.09. The van der Waals surface area contributed by atoms with Gasteiger partial charge in [0, 0.05) is 67.1 Å². The SMILES string of the molecule is C[C@@H]1[C@@H]([Si](C)(C)O)[C@H](CCn2cc(CCO)nn2)O[C@@]12C(=O)N(c1ccccc1)c1ccc(N3CCCC3=O)cc12. The highest BCUT2D eigenvalue weighted by molar-refractivity contribution is 6.71. The van der Waals surface area contributed by atoms with Gasteiger partial charge in [-0.1, -0.05) is 30.3 Å². The molecular formula is C30H37N5O5Si. The molecule has 2 N–H and O–H groups in total. The van der Waals surface area contributed by atoms with E-state index in [1.807, 2.05) is 74.7 Å². The first-order valence-electron chi connectivity index (χ1n) is 14.4. The van der Waals surface area contributed by atoms with Crippen molar-refractivity contribution in [3.63, 3.8) is 0 Å². The average Bonchev–Trinajstić information content (AvgIpc) is 3.70. The number of aromatic nitrogens is 3. The lowest BCUT2D eigenvalue weighted by atomic mass is 9.82. The average molecular weight is 576 g/mol. The van der Waals surface area contributed by atoms with E-state index in [4.69, 9.17) is 4.74 Å². The Morgan fingerprint density at radius 1 is 1.12 bits per heavy atom. The number of para-hydroxylation sites is 1. The van der Waals surface area contributed by atoms with Gasteiger partial charge in [-0.3, -0.25) is 19.2 Å². The molecule has 2 amide bonds. The van der Waals surface area contributed by atoms with Crippen LogP contribution in [-0.2, 0) is 32.9 Å². The summed E-state index contributed by atoms with van der Waals surface area (Å²) in [5.41, 5.74) is 2.17. The maximum atomic E-state index is 14.7. The molecule has 2 saturated heterocycles. The van der Waals surface area contributed by atoms with Crippen molar-refractivity contribution in [3.05, 3.63) is 66.0 Å². The lowest BCUT2D eigenvalue weighted by Gasteiger charge is -2.32. The lowest BCUT2D eigenvalue weighted by molar-refractivity contribution is -0.145. The molecule has 41 heavy (non-hydrogen) atoms. The zero-order valence-electron chi connectivity index (χ0n) is 23.7. The number of nitrogens with zero attached hydrogens (tertiary/aromatic N) is 5. The van der Waals surface area contributed by atoms with E-state index in [-0.39, 0.29) is 29.9 Å². The van der Waals surface area contributed by atoms with Gasteiger partial charge >= 0.3 is 0 Å². The smallest absolute Gasteiger partial charge is 0.268 e. The molecule has 1 aromatic heterocycles. The zero-order chi connectivity index (χ0) is 28.9. The van der Waals surface area contributed by atoms with Crippen molar-refractivity contribution in [2.24, 2.45) is 5.92 Å². The quantitative estimate of drug-likeness (QED) is 0.395. The van der Waals surface area contributed by atoms with Crippen LogP contribution >= 0.6 is 0 Å². The third-order valence-electron chi connectivity index (χ3n) is 8.87. The van der Waals surface area contributed by atoms with E-state index in [9.17, 15) is 19.5 Å². The Morgan fingerprint density at radius 2 is 1.90 bits per heavy atom. The molecule has 11 heteroatoms. The molecule has 3 aromatic rings. The fourth-order valence-corrected chi connectivity index (χ4v) is 9.72. The largest absolute Gasteiger partial charge is 0.432 e. The summed E-state index contributed by atoms with van der Waals surface area (Å²) in [6, 6.07) is 15.3. The van der Waals surface area contributed by atoms with Crippen molar-refractivity contribution in [2.45, 2.75) is 69.5 Å². The van der Waals surface area contributed by atoms with Crippen molar-refractivity contribution < 1.29 is 24.2 Å². The van der Waals surface area contributed by atoms with Crippen molar-refractivity contribution in [3.8, 4) is 0 Å². The first kappa shape index (κ1) is 27.8. The van der Waals surface area contributed by atoms with Gasteiger partial charge in [0.15, 0.2) is 13.9 Å².